The van der Waals surface area contributed by atoms with E-state index in [0.29, 0.717) is 12.1 Å². The van der Waals surface area contributed by atoms with Crippen molar-refractivity contribution in [2.45, 2.75) is 18.2 Å². The summed E-state index contributed by atoms with van der Waals surface area (Å²) in [6.45, 7) is 4.05. The minimum Gasteiger partial charge on any atom is -0.348 e. The second-order valence-electron chi connectivity index (χ2n) is 6.46. The highest BCUT2D eigenvalue weighted by molar-refractivity contribution is 7.92. The molecule has 0 saturated carbocycles. The van der Waals surface area contributed by atoms with Crippen LogP contribution in [0.1, 0.15) is 22.3 Å². The SMILES string of the molecule is Cc1ccc(S(=O)(=O)Nc2ccccc2C(=O)NCC2=CCNCC2)cc1.Cl. The van der Waals surface area contributed by atoms with Crippen molar-refractivity contribution >= 4 is 34.0 Å². The number of halogens is 1. The third-order valence-corrected chi connectivity index (χ3v) is 5.76. The number of hydrogen-bond donors (Lipinski definition) is 3. The highest BCUT2D eigenvalue weighted by atomic mass is 35.5. The Balaban J connectivity index is 0.00000280. The molecule has 1 amide bonds. The van der Waals surface area contributed by atoms with E-state index in [1.807, 2.05) is 6.92 Å². The molecule has 8 heteroatoms. The number of aryl methyl sites for hydroxylation is 1. The van der Waals surface area contributed by atoms with E-state index >= 15 is 0 Å². The molecule has 1 aliphatic heterocycles. The summed E-state index contributed by atoms with van der Waals surface area (Å²) in [5.41, 5.74) is 2.69. The lowest BCUT2D eigenvalue weighted by atomic mass is 10.1. The van der Waals surface area contributed by atoms with Gasteiger partial charge >= 0.3 is 0 Å². The summed E-state index contributed by atoms with van der Waals surface area (Å²) in [5.74, 6) is -0.309. The predicted molar refractivity (Wildman–Crippen MR) is 114 cm³/mol. The van der Waals surface area contributed by atoms with Crippen molar-refractivity contribution in [2.75, 3.05) is 24.4 Å². The average molecular weight is 422 g/mol. The van der Waals surface area contributed by atoms with Crippen LogP contribution in [0.2, 0.25) is 0 Å². The van der Waals surface area contributed by atoms with E-state index in [4.69, 9.17) is 0 Å². The molecule has 28 heavy (non-hydrogen) atoms. The molecule has 3 rings (SSSR count). The summed E-state index contributed by atoms with van der Waals surface area (Å²) in [5, 5.41) is 6.09. The summed E-state index contributed by atoms with van der Waals surface area (Å²) in [6.07, 6.45) is 2.96. The minimum atomic E-state index is -3.77. The standard InChI is InChI=1S/C20H23N3O3S.ClH/c1-15-6-8-17(9-7-15)27(25,26)23-19-5-3-2-4-18(19)20(24)22-14-16-10-12-21-13-11-16;/h2-10,21,23H,11-14H2,1H3,(H,22,24);1H. The molecule has 2 aromatic rings. The molecule has 0 saturated heterocycles. The van der Waals surface area contributed by atoms with Gasteiger partial charge in [0.25, 0.3) is 15.9 Å². The van der Waals surface area contributed by atoms with Crippen LogP contribution < -0.4 is 15.4 Å². The Morgan fingerprint density at radius 2 is 1.82 bits per heavy atom. The van der Waals surface area contributed by atoms with Gasteiger partial charge in [-0.2, -0.15) is 0 Å². The lowest BCUT2D eigenvalue weighted by Crippen LogP contribution is -2.30. The summed E-state index contributed by atoms with van der Waals surface area (Å²) in [4.78, 5) is 12.7. The first-order valence-corrected chi connectivity index (χ1v) is 10.3. The molecule has 2 aromatic carbocycles. The Labute approximate surface area is 171 Å². The molecule has 0 fully saturated rings. The van der Waals surface area contributed by atoms with Crippen molar-refractivity contribution in [3.05, 3.63) is 71.3 Å². The van der Waals surface area contributed by atoms with Crippen LogP contribution in [0.5, 0.6) is 0 Å². The van der Waals surface area contributed by atoms with Gasteiger partial charge in [0.1, 0.15) is 0 Å². The normalized spacial score (nSPS) is 13.8. The van der Waals surface area contributed by atoms with Crippen molar-refractivity contribution < 1.29 is 13.2 Å². The van der Waals surface area contributed by atoms with Crippen LogP contribution in [0.25, 0.3) is 0 Å². The summed E-state index contributed by atoms with van der Waals surface area (Å²) in [6, 6.07) is 13.2. The molecule has 3 N–H and O–H groups in total. The van der Waals surface area contributed by atoms with E-state index in [0.717, 1.165) is 25.1 Å². The van der Waals surface area contributed by atoms with Crippen molar-refractivity contribution in [1.29, 1.82) is 0 Å². The zero-order chi connectivity index (χ0) is 19.3. The van der Waals surface area contributed by atoms with Gasteiger partial charge in [-0.25, -0.2) is 8.42 Å². The zero-order valence-electron chi connectivity index (χ0n) is 15.6. The first-order valence-electron chi connectivity index (χ1n) is 8.81. The molecule has 0 bridgehead atoms. The van der Waals surface area contributed by atoms with E-state index in [9.17, 15) is 13.2 Å². The van der Waals surface area contributed by atoms with Gasteiger partial charge < -0.3 is 10.6 Å². The number of rotatable bonds is 6. The number of carbonyl (C=O) groups excluding carboxylic acids is 1. The predicted octanol–water partition coefficient (Wildman–Crippen LogP) is 2.87. The third-order valence-electron chi connectivity index (χ3n) is 4.38. The Hall–Kier alpha value is -2.35. The highest BCUT2D eigenvalue weighted by Crippen LogP contribution is 2.20. The molecule has 6 nitrogen and oxygen atoms in total. The van der Waals surface area contributed by atoms with Crippen molar-refractivity contribution in [2.24, 2.45) is 0 Å². The maximum absolute atomic E-state index is 12.6. The van der Waals surface area contributed by atoms with Gasteiger partial charge in [-0.3, -0.25) is 9.52 Å². The number of carbonyl (C=O) groups is 1. The van der Waals surface area contributed by atoms with Gasteiger partial charge in [0.2, 0.25) is 0 Å². The van der Waals surface area contributed by atoms with Crippen LogP contribution in [0.3, 0.4) is 0 Å². The first kappa shape index (κ1) is 21.9. The van der Waals surface area contributed by atoms with E-state index in [2.05, 4.69) is 21.4 Å². The number of anilines is 1. The molecule has 150 valence electrons. The quantitative estimate of drug-likeness (QED) is 0.626. The van der Waals surface area contributed by atoms with Crippen LogP contribution in [0.15, 0.2) is 65.1 Å². The fourth-order valence-corrected chi connectivity index (χ4v) is 3.89. The lowest BCUT2D eigenvalue weighted by Gasteiger charge is -2.16. The molecule has 1 heterocycles. The third kappa shape index (κ3) is 5.58. The van der Waals surface area contributed by atoms with Gasteiger partial charge in [-0.1, -0.05) is 41.5 Å². The first-order chi connectivity index (χ1) is 13.0. The Kier molecular flexibility index (Phi) is 7.62. The summed E-state index contributed by atoms with van der Waals surface area (Å²) >= 11 is 0. The molecule has 0 spiro atoms. The second-order valence-corrected chi connectivity index (χ2v) is 8.15. The summed E-state index contributed by atoms with van der Waals surface area (Å²) < 4.78 is 27.8. The Bertz CT molecular complexity index is 957. The van der Waals surface area contributed by atoms with Crippen LogP contribution >= 0.6 is 12.4 Å². The maximum atomic E-state index is 12.6. The largest absolute Gasteiger partial charge is 0.348 e. The fraction of sp³-hybridized carbons (Fsp3) is 0.250. The fourth-order valence-electron chi connectivity index (χ4n) is 2.81. The molecular formula is C20H24ClN3O3S. The second kappa shape index (κ2) is 9.73. The molecular weight excluding hydrogens is 398 g/mol. The summed E-state index contributed by atoms with van der Waals surface area (Å²) in [7, 11) is -3.77. The van der Waals surface area contributed by atoms with Gasteiger partial charge in [-0.15, -0.1) is 12.4 Å². The number of nitrogens with one attached hydrogen (secondary N) is 3. The molecule has 0 aromatic heterocycles. The number of sulfonamides is 1. The number of amides is 1. The topological polar surface area (TPSA) is 87.3 Å². The lowest BCUT2D eigenvalue weighted by molar-refractivity contribution is 0.0957. The number of benzene rings is 2. The van der Waals surface area contributed by atoms with Crippen LogP contribution in [-0.2, 0) is 10.0 Å². The van der Waals surface area contributed by atoms with Crippen LogP contribution in [-0.4, -0.2) is 34.0 Å². The van der Waals surface area contributed by atoms with Gasteiger partial charge in [0.15, 0.2) is 0 Å². The van der Waals surface area contributed by atoms with E-state index in [1.54, 1.807) is 48.5 Å². The van der Waals surface area contributed by atoms with E-state index in [1.165, 1.54) is 5.57 Å². The molecule has 0 aliphatic carbocycles. The minimum absolute atomic E-state index is 0. The van der Waals surface area contributed by atoms with E-state index in [-0.39, 0.29) is 28.9 Å². The van der Waals surface area contributed by atoms with Gasteiger partial charge in [0.05, 0.1) is 16.1 Å². The molecule has 0 radical (unpaired) electrons. The monoisotopic (exact) mass is 421 g/mol. The maximum Gasteiger partial charge on any atom is 0.261 e. The molecule has 0 unspecified atom stereocenters. The van der Waals surface area contributed by atoms with Crippen molar-refractivity contribution in [3.63, 3.8) is 0 Å². The molecule has 0 atom stereocenters. The van der Waals surface area contributed by atoms with Crippen LogP contribution in [0, 0.1) is 6.92 Å². The number of para-hydroxylation sites is 1. The molecule has 1 aliphatic rings. The van der Waals surface area contributed by atoms with Gasteiger partial charge in [-0.05, 0) is 44.2 Å². The Morgan fingerprint density at radius 1 is 1.11 bits per heavy atom. The van der Waals surface area contributed by atoms with Crippen LogP contribution in [0.4, 0.5) is 5.69 Å². The number of hydrogen-bond acceptors (Lipinski definition) is 4. The smallest absolute Gasteiger partial charge is 0.261 e. The highest BCUT2D eigenvalue weighted by Gasteiger charge is 2.18. The van der Waals surface area contributed by atoms with E-state index < -0.39 is 10.0 Å². The van der Waals surface area contributed by atoms with Crippen molar-refractivity contribution in [3.8, 4) is 0 Å². The Morgan fingerprint density at radius 3 is 2.50 bits per heavy atom. The zero-order valence-corrected chi connectivity index (χ0v) is 17.2. The van der Waals surface area contributed by atoms with Gasteiger partial charge in [0, 0.05) is 13.1 Å². The van der Waals surface area contributed by atoms with Crippen molar-refractivity contribution in [1.82, 2.24) is 10.6 Å². The average Bonchev–Trinajstić information content (AvgIpc) is 2.67.